The van der Waals surface area contributed by atoms with E-state index >= 15 is 0 Å². The van der Waals surface area contributed by atoms with E-state index < -0.39 is 0 Å². The van der Waals surface area contributed by atoms with Crippen molar-refractivity contribution in [1.29, 1.82) is 0 Å². The molecule has 1 aromatic rings. The Morgan fingerprint density at radius 3 is 2.90 bits per heavy atom. The highest BCUT2D eigenvalue weighted by atomic mass is 16.5. The molecule has 1 N–H and O–H groups in total. The van der Waals surface area contributed by atoms with E-state index in [0.29, 0.717) is 6.04 Å². The predicted molar refractivity (Wildman–Crippen MR) is 77.6 cm³/mol. The van der Waals surface area contributed by atoms with E-state index in [0.717, 1.165) is 37.9 Å². The van der Waals surface area contributed by atoms with E-state index in [-0.39, 0.29) is 11.5 Å². The van der Waals surface area contributed by atoms with Crippen LogP contribution in [-0.4, -0.2) is 40.1 Å². The van der Waals surface area contributed by atoms with Crippen LogP contribution in [0.1, 0.15) is 51.9 Å². The van der Waals surface area contributed by atoms with Crippen LogP contribution in [0, 0.1) is 5.41 Å². The SMILES string of the molecule is CC(C)n1ncnc1CC1(CNC2CC2)CCOC1C. The van der Waals surface area contributed by atoms with E-state index in [1.54, 1.807) is 6.33 Å². The molecule has 1 aliphatic heterocycles. The molecule has 0 aromatic carbocycles. The molecule has 20 heavy (non-hydrogen) atoms. The molecule has 1 saturated heterocycles. The van der Waals surface area contributed by atoms with Crippen molar-refractivity contribution in [3.63, 3.8) is 0 Å². The molecule has 112 valence electrons. The minimum absolute atomic E-state index is 0.169. The molecule has 0 spiro atoms. The summed E-state index contributed by atoms with van der Waals surface area (Å²) in [5.41, 5.74) is 0.169. The van der Waals surface area contributed by atoms with Gasteiger partial charge in [-0.25, -0.2) is 9.67 Å². The summed E-state index contributed by atoms with van der Waals surface area (Å²) < 4.78 is 7.92. The van der Waals surface area contributed by atoms with Crippen LogP contribution in [0.15, 0.2) is 6.33 Å². The van der Waals surface area contributed by atoms with Crippen molar-refractivity contribution in [2.45, 2.75) is 64.6 Å². The third-order valence-corrected chi connectivity index (χ3v) is 4.80. The number of nitrogens with one attached hydrogen (secondary N) is 1. The Bertz CT molecular complexity index is 454. The Hall–Kier alpha value is -0.940. The second-order valence-corrected chi connectivity index (χ2v) is 6.67. The Balaban J connectivity index is 1.76. The lowest BCUT2D eigenvalue weighted by Gasteiger charge is -2.32. The lowest BCUT2D eigenvalue weighted by Crippen LogP contribution is -2.42. The number of nitrogens with zero attached hydrogens (tertiary/aromatic N) is 3. The zero-order valence-electron chi connectivity index (χ0n) is 12.8. The topological polar surface area (TPSA) is 52.0 Å². The number of aromatic nitrogens is 3. The zero-order chi connectivity index (χ0) is 14.2. The van der Waals surface area contributed by atoms with Crippen LogP contribution in [0.4, 0.5) is 0 Å². The molecule has 0 amide bonds. The molecule has 1 aliphatic carbocycles. The van der Waals surface area contributed by atoms with Gasteiger partial charge in [-0.2, -0.15) is 5.10 Å². The summed E-state index contributed by atoms with van der Waals surface area (Å²) >= 11 is 0. The van der Waals surface area contributed by atoms with Gasteiger partial charge in [0.25, 0.3) is 0 Å². The summed E-state index contributed by atoms with van der Waals surface area (Å²) in [6, 6.07) is 1.10. The average Bonchev–Trinajstić information content (AvgIpc) is 3.02. The van der Waals surface area contributed by atoms with Crippen molar-refractivity contribution in [1.82, 2.24) is 20.1 Å². The fraction of sp³-hybridized carbons (Fsp3) is 0.867. The van der Waals surface area contributed by atoms with E-state index in [2.05, 4.69) is 36.2 Å². The van der Waals surface area contributed by atoms with Gasteiger partial charge in [-0.1, -0.05) is 0 Å². The van der Waals surface area contributed by atoms with Gasteiger partial charge in [0.1, 0.15) is 12.2 Å². The van der Waals surface area contributed by atoms with Crippen LogP contribution in [-0.2, 0) is 11.2 Å². The third kappa shape index (κ3) is 2.74. The van der Waals surface area contributed by atoms with Crippen LogP contribution < -0.4 is 5.32 Å². The van der Waals surface area contributed by atoms with Crippen molar-refractivity contribution in [3.8, 4) is 0 Å². The number of hydrogen-bond acceptors (Lipinski definition) is 4. The van der Waals surface area contributed by atoms with Crippen LogP contribution >= 0.6 is 0 Å². The van der Waals surface area contributed by atoms with Gasteiger partial charge in [-0.3, -0.25) is 0 Å². The van der Waals surface area contributed by atoms with Gasteiger partial charge in [0.05, 0.1) is 6.10 Å². The lowest BCUT2D eigenvalue weighted by molar-refractivity contribution is 0.0611. The molecule has 1 aromatic heterocycles. The first kappa shape index (κ1) is 14.0. The second kappa shape index (κ2) is 5.45. The molecule has 0 radical (unpaired) electrons. The van der Waals surface area contributed by atoms with Crippen molar-refractivity contribution in [2.24, 2.45) is 5.41 Å². The minimum atomic E-state index is 0.169. The van der Waals surface area contributed by atoms with Crippen LogP contribution in [0.2, 0.25) is 0 Å². The van der Waals surface area contributed by atoms with Crippen LogP contribution in [0.5, 0.6) is 0 Å². The monoisotopic (exact) mass is 278 g/mol. The molecule has 1 saturated carbocycles. The minimum Gasteiger partial charge on any atom is -0.378 e. The Labute approximate surface area is 121 Å². The lowest BCUT2D eigenvalue weighted by atomic mass is 9.78. The van der Waals surface area contributed by atoms with Crippen molar-refractivity contribution in [2.75, 3.05) is 13.2 Å². The summed E-state index contributed by atoms with van der Waals surface area (Å²) in [5, 5.41) is 8.06. The molecule has 0 bridgehead atoms. The summed E-state index contributed by atoms with van der Waals surface area (Å²) in [7, 11) is 0. The highest BCUT2D eigenvalue weighted by molar-refractivity contribution is 5.02. The molecule has 2 fully saturated rings. The van der Waals surface area contributed by atoms with Gasteiger partial charge in [0.15, 0.2) is 0 Å². The molecular weight excluding hydrogens is 252 g/mol. The molecule has 2 atom stereocenters. The molecule has 5 heteroatoms. The first-order valence-corrected chi connectivity index (χ1v) is 7.84. The summed E-state index contributed by atoms with van der Waals surface area (Å²) in [4.78, 5) is 4.49. The van der Waals surface area contributed by atoms with Gasteiger partial charge in [0.2, 0.25) is 0 Å². The maximum absolute atomic E-state index is 5.87. The number of rotatable bonds is 6. The maximum Gasteiger partial charge on any atom is 0.138 e. The van der Waals surface area contributed by atoms with E-state index in [4.69, 9.17) is 4.74 Å². The molecule has 5 nitrogen and oxygen atoms in total. The van der Waals surface area contributed by atoms with Gasteiger partial charge in [0, 0.05) is 37.1 Å². The van der Waals surface area contributed by atoms with Gasteiger partial charge >= 0.3 is 0 Å². The fourth-order valence-electron chi connectivity index (χ4n) is 3.13. The van der Waals surface area contributed by atoms with E-state index in [1.165, 1.54) is 12.8 Å². The van der Waals surface area contributed by atoms with Gasteiger partial charge in [-0.05, 0) is 40.0 Å². The molecule has 2 unspecified atom stereocenters. The summed E-state index contributed by atoms with van der Waals surface area (Å²) in [6.45, 7) is 8.41. The average molecular weight is 278 g/mol. The molecule has 2 heterocycles. The third-order valence-electron chi connectivity index (χ3n) is 4.80. The standard InChI is InChI=1S/C15H26N4O/c1-11(2)19-14(17-10-18-19)8-15(6-7-20-12(15)3)9-16-13-4-5-13/h10-13,16H,4-9H2,1-3H3. The molecular formula is C15H26N4O. The van der Waals surface area contributed by atoms with Crippen molar-refractivity contribution in [3.05, 3.63) is 12.2 Å². The zero-order valence-corrected chi connectivity index (χ0v) is 12.8. The van der Waals surface area contributed by atoms with Crippen molar-refractivity contribution >= 4 is 0 Å². The van der Waals surface area contributed by atoms with Gasteiger partial charge in [-0.15, -0.1) is 0 Å². The number of ether oxygens (including phenoxy) is 1. The van der Waals surface area contributed by atoms with E-state index in [9.17, 15) is 0 Å². The predicted octanol–water partition coefficient (Wildman–Crippen LogP) is 1.95. The molecule has 2 aliphatic rings. The van der Waals surface area contributed by atoms with Crippen LogP contribution in [0.3, 0.4) is 0 Å². The van der Waals surface area contributed by atoms with Crippen molar-refractivity contribution < 1.29 is 4.74 Å². The summed E-state index contributed by atoms with van der Waals surface area (Å²) in [5.74, 6) is 1.09. The highest BCUT2D eigenvalue weighted by Gasteiger charge is 2.43. The largest absolute Gasteiger partial charge is 0.378 e. The second-order valence-electron chi connectivity index (χ2n) is 6.67. The first-order valence-electron chi connectivity index (χ1n) is 7.84. The molecule has 3 rings (SSSR count). The number of hydrogen-bond donors (Lipinski definition) is 1. The van der Waals surface area contributed by atoms with E-state index in [1.807, 2.05) is 4.68 Å². The normalized spacial score (nSPS) is 30.3. The maximum atomic E-state index is 5.87. The fourth-order valence-corrected chi connectivity index (χ4v) is 3.13. The quantitative estimate of drug-likeness (QED) is 0.864. The highest BCUT2D eigenvalue weighted by Crippen LogP contribution is 2.38. The Morgan fingerprint density at radius 2 is 2.30 bits per heavy atom. The van der Waals surface area contributed by atoms with Gasteiger partial charge < -0.3 is 10.1 Å². The first-order chi connectivity index (χ1) is 9.61. The Morgan fingerprint density at radius 1 is 1.50 bits per heavy atom. The summed E-state index contributed by atoms with van der Waals surface area (Å²) in [6.07, 6.45) is 6.68. The smallest absolute Gasteiger partial charge is 0.138 e. The Kier molecular flexibility index (Phi) is 3.82. The van der Waals surface area contributed by atoms with Crippen LogP contribution in [0.25, 0.3) is 0 Å².